The van der Waals surface area contributed by atoms with Gasteiger partial charge in [0.25, 0.3) is 0 Å². The summed E-state index contributed by atoms with van der Waals surface area (Å²) in [4.78, 5) is 12.2. The Labute approximate surface area is 97.2 Å². The van der Waals surface area contributed by atoms with Gasteiger partial charge in [0.05, 0.1) is 12.1 Å². The minimum Gasteiger partial charge on any atom is -0.382 e. The van der Waals surface area contributed by atoms with Crippen molar-refractivity contribution < 1.29 is 0 Å². The Hall–Kier alpha value is -2.50. The Morgan fingerprint density at radius 1 is 1.29 bits per heavy atom. The molecule has 0 amide bonds. The van der Waals surface area contributed by atoms with E-state index in [1.54, 1.807) is 10.7 Å². The van der Waals surface area contributed by atoms with E-state index >= 15 is 0 Å². The molecule has 0 saturated carbocycles. The molecule has 3 rings (SSSR count). The minimum atomic E-state index is 0.481. The van der Waals surface area contributed by atoms with E-state index in [0.717, 1.165) is 11.2 Å². The van der Waals surface area contributed by atoms with Crippen molar-refractivity contribution in [3.63, 3.8) is 0 Å². The first-order chi connectivity index (χ1) is 8.33. The molecule has 3 aromatic heterocycles. The smallest absolute Gasteiger partial charge is 0.157 e. The predicted octanol–water partition coefficient (Wildman–Crippen LogP) is 0.692. The first kappa shape index (κ1) is 9.71. The van der Waals surface area contributed by atoms with Crippen LogP contribution in [0, 0.1) is 0 Å². The molecule has 3 heterocycles. The third kappa shape index (κ3) is 1.80. The van der Waals surface area contributed by atoms with Crippen molar-refractivity contribution >= 4 is 11.3 Å². The zero-order valence-electron chi connectivity index (χ0n) is 8.98. The van der Waals surface area contributed by atoms with Crippen molar-refractivity contribution in [1.82, 2.24) is 24.6 Å². The molecule has 0 fully saturated rings. The number of nitrogens with zero attached hydrogens (tertiary/aromatic N) is 5. The largest absolute Gasteiger partial charge is 0.382 e. The number of nitrogen functional groups attached to an aromatic ring is 1. The number of anilines is 1. The predicted molar refractivity (Wildman–Crippen MR) is 62.2 cm³/mol. The molecule has 0 aliphatic rings. The lowest BCUT2D eigenvalue weighted by Gasteiger charge is -2.03. The van der Waals surface area contributed by atoms with Crippen LogP contribution in [0.4, 0.5) is 5.82 Å². The fourth-order valence-corrected chi connectivity index (χ4v) is 1.66. The summed E-state index contributed by atoms with van der Waals surface area (Å²) >= 11 is 0. The van der Waals surface area contributed by atoms with Gasteiger partial charge < -0.3 is 5.73 Å². The van der Waals surface area contributed by atoms with Crippen LogP contribution in [-0.4, -0.2) is 24.6 Å². The number of hydrogen-bond acceptors (Lipinski definition) is 5. The van der Waals surface area contributed by atoms with Crippen molar-refractivity contribution in [2.24, 2.45) is 0 Å². The standard InChI is InChI=1S/C11H10N6/c12-11-9-2-1-5-17(9)16-10(15-11)6-8-3-4-13-7-14-8/h1-5,7H,6H2,(H2,12,15,16). The molecule has 0 aliphatic heterocycles. The number of nitrogens with two attached hydrogens (primary N) is 1. The summed E-state index contributed by atoms with van der Waals surface area (Å²) < 4.78 is 1.72. The summed E-state index contributed by atoms with van der Waals surface area (Å²) in [5, 5.41) is 4.36. The van der Waals surface area contributed by atoms with E-state index in [1.807, 2.05) is 24.4 Å². The number of aromatic nitrogens is 5. The van der Waals surface area contributed by atoms with Crippen LogP contribution < -0.4 is 5.73 Å². The second-order valence-corrected chi connectivity index (χ2v) is 3.63. The lowest BCUT2D eigenvalue weighted by molar-refractivity contribution is 0.817. The second-order valence-electron chi connectivity index (χ2n) is 3.63. The highest BCUT2D eigenvalue weighted by Gasteiger charge is 2.06. The molecule has 6 nitrogen and oxygen atoms in total. The topological polar surface area (TPSA) is 82.0 Å². The lowest BCUT2D eigenvalue weighted by Crippen LogP contribution is -2.06. The summed E-state index contributed by atoms with van der Waals surface area (Å²) in [6, 6.07) is 5.60. The van der Waals surface area contributed by atoms with Gasteiger partial charge in [0, 0.05) is 12.4 Å². The Bertz CT molecular complexity index is 645. The first-order valence-corrected chi connectivity index (χ1v) is 5.17. The zero-order valence-corrected chi connectivity index (χ0v) is 8.98. The Morgan fingerprint density at radius 3 is 3.06 bits per heavy atom. The first-order valence-electron chi connectivity index (χ1n) is 5.17. The summed E-state index contributed by atoms with van der Waals surface area (Å²) in [5.41, 5.74) is 7.53. The van der Waals surface area contributed by atoms with Crippen LogP contribution in [0.3, 0.4) is 0 Å². The molecular formula is C11H10N6. The van der Waals surface area contributed by atoms with Gasteiger partial charge in [-0.15, -0.1) is 0 Å². The van der Waals surface area contributed by atoms with Crippen LogP contribution >= 0.6 is 0 Å². The quantitative estimate of drug-likeness (QED) is 0.695. The SMILES string of the molecule is Nc1nc(Cc2ccncn2)nn2cccc12. The number of hydrogen-bond donors (Lipinski definition) is 1. The van der Waals surface area contributed by atoms with Gasteiger partial charge in [0.15, 0.2) is 11.6 Å². The molecule has 0 radical (unpaired) electrons. The van der Waals surface area contributed by atoms with Crippen molar-refractivity contribution in [3.8, 4) is 0 Å². The van der Waals surface area contributed by atoms with Gasteiger partial charge in [-0.3, -0.25) is 0 Å². The molecule has 84 valence electrons. The molecule has 0 bridgehead atoms. The van der Waals surface area contributed by atoms with Gasteiger partial charge in [-0.05, 0) is 18.2 Å². The van der Waals surface area contributed by atoms with Crippen LogP contribution in [0.1, 0.15) is 11.5 Å². The third-order valence-corrected chi connectivity index (χ3v) is 2.45. The molecule has 17 heavy (non-hydrogen) atoms. The maximum Gasteiger partial charge on any atom is 0.157 e. The molecule has 2 N–H and O–H groups in total. The molecule has 0 unspecified atom stereocenters. The number of fused-ring (bicyclic) bond motifs is 1. The highest BCUT2D eigenvalue weighted by Crippen LogP contribution is 2.11. The normalized spacial score (nSPS) is 10.8. The molecule has 0 aromatic carbocycles. The average Bonchev–Trinajstić information content (AvgIpc) is 2.79. The monoisotopic (exact) mass is 226 g/mol. The second kappa shape index (κ2) is 3.82. The highest BCUT2D eigenvalue weighted by molar-refractivity contribution is 5.64. The summed E-state index contributed by atoms with van der Waals surface area (Å²) in [6.45, 7) is 0. The van der Waals surface area contributed by atoms with Crippen molar-refractivity contribution in [3.05, 3.63) is 48.4 Å². The lowest BCUT2D eigenvalue weighted by atomic mass is 10.3. The van der Waals surface area contributed by atoms with E-state index in [4.69, 9.17) is 5.73 Å². The molecule has 6 heteroatoms. The molecule has 0 atom stereocenters. The van der Waals surface area contributed by atoms with Gasteiger partial charge in [0.1, 0.15) is 11.8 Å². The Balaban J connectivity index is 2.01. The van der Waals surface area contributed by atoms with Crippen LogP contribution in [0.2, 0.25) is 0 Å². The van der Waals surface area contributed by atoms with Crippen LogP contribution in [0.25, 0.3) is 5.52 Å². The van der Waals surface area contributed by atoms with E-state index in [2.05, 4.69) is 20.1 Å². The summed E-state index contributed by atoms with van der Waals surface area (Å²) in [5.74, 6) is 1.12. The van der Waals surface area contributed by atoms with Crippen LogP contribution in [-0.2, 0) is 6.42 Å². The van der Waals surface area contributed by atoms with E-state index in [0.29, 0.717) is 18.1 Å². The van der Waals surface area contributed by atoms with Crippen molar-refractivity contribution in [2.45, 2.75) is 6.42 Å². The minimum absolute atomic E-state index is 0.481. The maximum atomic E-state index is 5.85. The van der Waals surface area contributed by atoms with Crippen molar-refractivity contribution in [1.29, 1.82) is 0 Å². The van der Waals surface area contributed by atoms with Crippen LogP contribution in [0.15, 0.2) is 36.9 Å². The third-order valence-electron chi connectivity index (χ3n) is 2.45. The molecule has 0 aliphatic carbocycles. The molecular weight excluding hydrogens is 216 g/mol. The fourth-order valence-electron chi connectivity index (χ4n) is 1.66. The maximum absolute atomic E-state index is 5.85. The summed E-state index contributed by atoms with van der Waals surface area (Å²) in [7, 11) is 0. The number of rotatable bonds is 2. The average molecular weight is 226 g/mol. The van der Waals surface area contributed by atoms with E-state index in [-0.39, 0.29) is 0 Å². The Kier molecular flexibility index (Phi) is 2.18. The highest BCUT2D eigenvalue weighted by atomic mass is 15.3. The van der Waals surface area contributed by atoms with Gasteiger partial charge in [-0.25, -0.2) is 19.5 Å². The van der Waals surface area contributed by atoms with E-state index < -0.39 is 0 Å². The molecule has 3 aromatic rings. The van der Waals surface area contributed by atoms with Crippen LogP contribution in [0.5, 0.6) is 0 Å². The molecule has 0 spiro atoms. The van der Waals surface area contributed by atoms with Gasteiger partial charge in [-0.2, -0.15) is 5.10 Å². The van der Waals surface area contributed by atoms with Gasteiger partial charge in [-0.1, -0.05) is 0 Å². The summed E-state index contributed by atoms with van der Waals surface area (Å²) in [6.07, 6.45) is 5.59. The molecule has 0 saturated heterocycles. The fraction of sp³-hybridized carbons (Fsp3) is 0.0909. The van der Waals surface area contributed by atoms with E-state index in [9.17, 15) is 0 Å². The van der Waals surface area contributed by atoms with Gasteiger partial charge in [0.2, 0.25) is 0 Å². The zero-order chi connectivity index (χ0) is 11.7. The van der Waals surface area contributed by atoms with Crippen molar-refractivity contribution in [2.75, 3.05) is 5.73 Å². The van der Waals surface area contributed by atoms with E-state index in [1.165, 1.54) is 6.33 Å². The Morgan fingerprint density at radius 2 is 2.24 bits per heavy atom. The van der Waals surface area contributed by atoms with Gasteiger partial charge >= 0.3 is 0 Å².